The molecule has 0 aliphatic carbocycles. The SMILES string of the molecule is CCOc1cc(N2CCC(Oc3ccc(N4N=C(C)C(C)C4CC(=O)O)cc3)C(C)C2)c(Cl)cn1. The predicted molar refractivity (Wildman–Crippen MR) is 138 cm³/mol. The van der Waals surface area contributed by atoms with Crippen LogP contribution in [0.4, 0.5) is 11.4 Å². The van der Waals surface area contributed by atoms with E-state index in [1.54, 1.807) is 6.20 Å². The molecule has 2 aliphatic rings. The lowest BCUT2D eigenvalue weighted by atomic mass is 9.95. The Bertz CT molecular complexity index is 1080. The number of carboxylic acids is 1. The van der Waals surface area contributed by atoms with Crippen molar-refractivity contribution in [2.45, 2.75) is 52.7 Å². The van der Waals surface area contributed by atoms with Gasteiger partial charge in [0.05, 0.1) is 41.7 Å². The first-order valence-electron chi connectivity index (χ1n) is 12.1. The van der Waals surface area contributed by atoms with Gasteiger partial charge in [-0.2, -0.15) is 5.10 Å². The van der Waals surface area contributed by atoms with Gasteiger partial charge in [0, 0.05) is 43.1 Å². The van der Waals surface area contributed by atoms with Crippen LogP contribution in [0.15, 0.2) is 41.6 Å². The fourth-order valence-electron chi connectivity index (χ4n) is 4.77. The van der Waals surface area contributed by atoms with Crippen molar-refractivity contribution >= 4 is 34.7 Å². The van der Waals surface area contributed by atoms with Crippen LogP contribution in [0, 0.1) is 11.8 Å². The molecule has 4 rings (SSSR count). The second kappa shape index (κ2) is 10.7. The Morgan fingerprint density at radius 1 is 1.26 bits per heavy atom. The zero-order valence-corrected chi connectivity index (χ0v) is 21.4. The lowest BCUT2D eigenvalue weighted by Crippen LogP contribution is -2.44. The Morgan fingerprint density at radius 2 is 2.00 bits per heavy atom. The number of pyridine rings is 1. The van der Waals surface area contributed by atoms with E-state index in [1.807, 2.05) is 56.1 Å². The van der Waals surface area contributed by atoms with Crippen LogP contribution in [0.25, 0.3) is 0 Å². The number of hydrazone groups is 1. The Balaban J connectivity index is 1.39. The average Bonchev–Trinajstić information content (AvgIpc) is 3.10. The van der Waals surface area contributed by atoms with Crippen LogP contribution < -0.4 is 19.4 Å². The largest absolute Gasteiger partial charge is 0.490 e. The molecule has 0 bridgehead atoms. The van der Waals surface area contributed by atoms with E-state index in [1.165, 1.54) is 0 Å². The van der Waals surface area contributed by atoms with E-state index in [9.17, 15) is 9.90 Å². The van der Waals surface area contributed by atoms with Gasteiger partial charge in [-0.15, -0.1) is 0 Å². The Hall–Kier alpha value is -3.00. The molecule has 9 heteroatoms. The number of anilines is 2. The third-order valence-electron chi connectivity index (χ3n) is 6.86. The van der Waals surface area contributed by atoms with Gasteiger partial charge in [0.25, 0.3) is 0 Å². The maximum Gasteiger partial charge on any atom is 0.305 e. The number of nitrogens with zero attached hydrogens (tertiary/aromatic N) is 4. The summed E-state index contributed by atoms with van der Waals surface area (Å²) in [5.41, 5.74) is 2.75. The predicted octanol–water partition coefficient (Wildman–Crippen LogP) is 5.10. The highest BCUT2D eigenvalue weighted by Crippen LogP contribution is 2.34. The van der Waals surface area contributed by atoms with Gasteiger partial charge in [0.2, 0.25) is 5.88 Å². The van der Waals surface area contributed by atoms with Crippen LogP contribution >= 0.6 is 11.6 Å². The van der Waals surface area contributed by atoms with Gasteiger partial charge in [-0.05, 0) is 38.1 Å². The minimum atomic E-state index is -0.820. The van der Waals surface area contributed by atoms with E-state index in [2.05, 4.69) is 21.9 Å². The second-order valence-corrected chi connectivity index (χ2v) is 9.72. The summed E-state index contributed by atoms with van der Waals surface area (Å²) in [5.74, 6) is 0.929. The van der Waals surface area contributed by atoms with Crippen molar-refractivity contribution in [1.29, 1.82) is 0 Å². The van der Waals surface area contributed by atoms with Gasteiger partial charge in [0.15, 0.2) is 0 Å². The van der Waals surface area contributed by atoms with Crippen LogP contribution in [0.5, 0.6) is 11.6 Å². The van der Waals surface area contributed by atoms with Crippen LogP contribution in [0.2, 0.25) is 5.02 Å². The van der Waals surface area contributed by atoms with Crippen molar-refractivity contribution in [3.05, 3.63) is 41.6 Å². The Kier molecular flexibility index (Phi) is 7.69. The minimum Gasteiger partial charge on any atom is -0.490 e. The summed E-state index contributed by atoms with van der Waals surface area (Å²) in [6, 6.07) is 9.49. The Labute approximate surface area is 211 Å². The van der Waals surface area contributed by atoms with Gasteiger partial charge >= 0.3 is 5.97 Å². The lowest BCUT2D eigenvalue weighted by Gasteiger charge is -2.38. The maximum absolute atomic E-state index is 11.4. The number of aliphatic carboxylic acids is 1. The fourth-order valence-corrected chi connectivity index (χ4v) is 4.99. The van der Waals surface area contributed by atoms with E-state index >= 15 is 0 Å². The monoisotopic (exact) mass is 500 g/mol. The number of rotatable bonds is 8. The van der Waals surface area contributed by atoms with Gasteiger partial charge in [-0.25, -0.2) is 4.98 Å². The number of ether oxygens (including phenoxy) is 2. The summed E-state index contributed by atoms with van der Waals surface area (Å²) in [6.45, 7) is 10.3. The molecular weight excluding hydrogens is 468 g/mol. The third kappa shape index (κ3) is 5.64. The third-order valence-corrected chi connectivity index (χ3v) is 7.15. The van der Waals surface area contributed by atoms with Crippen LogP contribution in [0.1, 0.15) is 40.5 Å². The van der Waals surface area contributed by atoms with E-state index in [0.717, 1.165) is 42.3 Å². The van der Waals surface area contributed by atoms with Gasteiger partial charge < -0.3 is 19.5 Å². The van der Waals surface area contributed by atoms with Crippen molar-refractivity contribution in [2.24, 2.45) is 16.9 Å². The first-order chi connectivity index (χ1) is 16.8. The number of carboxylic acid groups (broad SMARTS) is 1. The fraction of sp³-hybridized carbons (Fsp3) is 0.500. The van der Waals surface area contributed by atoms with Crippen molar-refractivity contribution in [1.82, 2.24) is 4.98 Å². The normalized spacial score (nSPS) is 24.3. The lowest BCUT2D eigenvalue weighted by molar-refractivity contribution is -0.137. The number of benzene rings is 1. The molecule has 1 saturated heterocycles. The first-order valence-corrected chi connectivity index (χ1v) is 12.5. The number of hydrogen-bond donors (Lipinski definition) is 1. The molecule has 0 radical (unpaired) electrons. The first kappa shape index (κ1) is 25.1. The molecule has 2 aromatic rings. The van der Waals surface area contributed by atoms with Crippen LogP contribution in [0.3, 0.4) is 0 Å². The number of hydrogen-bond acceptors (Lipinski definition) is 7. The molecule has 4 atom stereocenters. The molecule has 1 fully saturated rings. The van der Waals surface area contributed by atoms with Crippen LogP contribution in [-0.2, 0) is 4.79 Å². The highest BCUT2D eigenvalue weighted by Gasteiger charge is 2.35. The summed E-state index contributed by atoms with van der Waals surface area (Å²) in [6.07, 6.45) is 2.63. The van der Waals surface area contributed by atoms with Gasteiger partial charge in [-0.1, -0.05) is 25.4 Å². The molecular formula is C26H33ClN4O4. The molecule has 0 saturated carbocycles. The standard InChI is InChI=1S/C26H33ClN4O4/c1-5-34-25-12-23(21(27)14-28-25)30-11-10-24(16(2)15-30)35-20-8-6-19(7-9-20)31-22(13-26(32)33)17(3)18(4)29-31/h6-9,12,14,16-17,22,24H,5,10-11,13,15H2,1-4H3,(H,32,33). The molecule has 0 spiro atoms. The van der Waals surface area contributed by atoms with Crippen molar-refractivity contribution in [3.63, 3.8) is 0 Å². The highest BCUT2D eigenvalue weighted by atomic mass is 35.5. The quantitative estimate of drug-likeness (QED) is 0.539. The number of halogens is 1. The molecule has 1 aromatic heterocycles. The van der Waals surface area contributed by atoms with E-state index < -0.39 is 5.97 Å². The average molecular weight is 501 g/mol. The Morgan fingerprint density at radius 3 is 2.66 bits per heavy atom. The summed E-state index contributed by atoms with van der Waals surface area (Å²) in [5, 5.41) is 16.4. The van der Waals surface area contributed by atoms with Crippen LogP contribution in [-0.4, -0.2) is 53.6 Å². The zero-order valence-electron chi connectivity index (χ0n) is 20.6. The number of aromatic nitrogens is 1. The molecule has 1 N–H and O–H groups in total. The molecule has 2 aliphatic heterocycles. The summed E-state index contributed by atoms with van der Waals surface area (Å²) < 4.78 is 11.9. The molecule has 3 heterocycles. The highest BCUT2D eigenvalue weighted by molar-refractivity contribution is 6.33. The summed E-state index contributed by atoms with van der Waals surface area (Å²) in [7, 11) is 0. The van der Waals surface area contributed by atoms with Crippen molar-refractivity contribution in [2.75, 3.05) is 29.6 Å². The molecule has 1 aromatic carbocycles. The maximum atomic E-state index is 11.4. The minimum absolute atomic E-state index is 0.0455. The summed E-state index contributed by atoms with van der Waals surface area (Å²) >= 11 is 6.43. The molecule has 35 heavy (non-hydrogen) atoms. The smallest absolute Gasteiger partial charge is 0.305 e. The topological polar surface area (TPSA) is 87.5 Å². The molecule has 8 nitrogen and oxygen atoms in total. The van der Waals surface area contributed by atoms with Gasteiger partial charge in [-0.3, -0.25) is 9.80 Å². The zero-order chi connectivity index (χ0) is 25.1. The molecule has 4 unspecified atom stereocenters. The van der Waals surface area contributed by atoms with E-state index in [0.29, 0.717) is 17.5 Å². The molecule has 0 amide bonds. The molecule has 188 valence electrons. The number of carbonyl (C=O) groups is 1. The van der Waals surface area contributed by atoms with E-state index in [4.69, 9.17) is 21.1 Å². The van der Waals surface area contributed by atoms with Gasteiger partial charge in [0.1, 0.15) is 11.9 Å². The second-order valence-electron chi connectivity index (χ2n) is 9.31. The summed E-state index contributed by atoms with van der Waals surface area (Å²) in [4.78, 5) is 17.8. The number of piperidine rings is 1. The van der Waals surface area contributed by atoms with Crippen molar-refractivity contribution in [3.8, 4) is 11.6 Å². The van der Waals surface area contributed by atoms with Crippen molar-refractivity contribution < 1.29 is 19.4 Å². The van der Waals surface area contributed by atoms with E-state index in [-0.39, 0.29) is 30.4 Å².